The van der Waals surface area contributed by atoms with Crippen LogP contribution in [0.3, 0.4) is 0 Å². The molecule has 8 nitrogen and oxygen atoms in total. The first-order chi connectivity index (χ1) is 12.8. The molecule has 1 amide bonds. The Morgan fingerprint density at radius 3 is 2.54 bits per heavy atom. The summed E-state index contributed by atoms with van der Waals surface area (Å²) < 4.78 is 7.65. The molecule has 4 rings (SSSR count). The first kappa shape index (κ1) is 17.2. The zero-order chi connectivity index (χ0) is 17.8. The predicted octanol–water partition coefficient (Wildman–Crippen LogP) is 0.925. The van der Waals surface area contributed by atoms with Crippen LogP contribution < -0.4 is 0 Å². The number of carbonyl (C=O) groups is 1. The van der Waals surface area contributed by atoms with E-state index < -0.39 is 0 Å². The monoisotopic (exact) mass is 358 g/mol. The molecule has 2 saturated heterocycles. The van der Waals surface area contributed by atoms with Gasteiger partial charge in [0.05, 0.1) is 13.1 Å². The smallest absolute Gasteiger partial charge is 0.289 e. The molecular formula is C18H26N6O2. The number of amides is 1. The van der Waals surface area contributed by atoms with Crippen molar-refractivity contribution < 1.29 is 9.21 Å². The van der Waals surface area contributed by atoms with E-state index in [0.717, 1.165) is 64.7 Å². The highest BCUT2D eigenvalue weighted by molar-refractivity contribution is 5.91. The molecule has 0 bridgehead atoms. The van der Waals surface area contributed by atoms with Gasteiger partial charge in [-0.05, 0) is 38.1 Å². The minimum absolute atomic E-state index is 0.00796. The quantitative estimate of drug-likeness (QED) is 0.765. The summed E-state index contributed by atoms with van der Waals surface area (Å²) >= 11 is 0. The van der Waals surface area contributed by atoms with E-state index in [4.69, 9.17) is 4.42 Å². The topological polar surface area (TPSA) is 70.6 Å². The number of aromatic nitrogens is 3. The summed E-state index contributed by atoms with van der Waals surface area (Å²) in [5.41, 5.74) is 0. The van der Waals surface area contributed by atoms with Crippen LogP contribution in [-0.4, -0.2) is 81.2 Å². The van der Waals surface area contributed by atoms with E-state index in [0.29, 0.717) is 5.76 Å². The lowest BCUT2D eigenvalue weighted by atomic mass is 10.3. The van der Waals surface area contributed by atoms with E-state index in [2.05, 4.69) is 19.9 Å². The first-order valence-electron chi connectivity index (χ1n) is 9.43. The zero-order valence-corrected chi connectivity index (χ0v) is 15.1. The summed E-state index contributed by atoms with van der Waals surface area (Å²) in [7, 11) is 0. The average molecular weight is 358 g/mol. The van der Waals surface area contributed by atoms with E-state index in [1.54, 1.807) is 12.7 Å². The fourth-order valence-electron chi connectivity index (χ4n) is 3.66. The minimum atomic E-state index is 0.00796. The van der Waals surface area contributed by atoms with Crippen LogP contribution in [0.5, 0.6) is 0 Å². The second-order valence-corrected chi connectivity index (χ2v) is 7.04. The van der Waals surface area contributed by atoms with Gasteiger partial charge in [0.1, 0.15) is 18.4 Å². The van der Waals surface area contributed by atoms with Gasteiger partial charge in [0.15, 0.2) is 5.76 Å². The standard InChI is InChI=1S/C18H26N6O2/c25-18(17-4-3-16(26-17)13-22-5-1-2-6-22)23-10-7-21(8-11-23)9-12-24-15-19-14-20-24/h3-4,14-15H,1-2,5-13H2. The number of likely N-dealkylation sites (tertiary alicyclic amines) is 1. The van der Waals surface area contributed by atoms with Crippen LogP contribution >= 0.6 is 0 Å². The second-order valence-electron chi connectivity index (χ2n) is 7.04. The number of rotatable bonds is 6. The molecule has 2 aliphatic rings. The maximum Gasteiger partial charge on any atom is 0.289 e. The summed E-state index contributed by atoms with van der Waals surface area (Å²) in [4.78, 5) is 23.3. The van der Waals surface area contributed by atoms with Crippen molar-refractivity contribution >= 4 is 5.91 Å². The van der Waals surface area contributed by atoms with E-state index >= 15 is 0 Å². The fraction of sp³-hybridized carbons (Fsp3) is 0.611. The van der Waals surface area contributed by atoms with Gasteiger partial charge in [0.2, 0.25) is 0 Å². The summed E-state index contributed by atoms with van der Waals surface area (Å²) in [6.07, 6.45) is 5.80. The number of nitrogens with zero attached hydrogens (tertiary/aromatic N) is 6. The van der Waals surface area contributed by atoms with Crippen LogP contribution in [0.15, 0.2) is 29.2 Å². The molecule has 4 heterocycles. The summed E-state index contributed by atoms with van der Waals surface area (Å²) in [5, 5.41) is 4.12. The van der Waals surface area contributed by atoms with Crippen molar-refractivity contribution in [3.63, 3.8) is 0 Å². The summed E-state index contributed by atoms with van der Waals surface area (Å²) in [6, 6.07) is 3.77. The Bertz CT molecular complexity index is 699. The Kier molecular flexibility index (Phi) is 5.31. The van der Waals surface area contributed by atoms with Crippen LogP contribution in [0.2, 0.25) is 0 Å². The molecule has 2 aromatic rings. The lowest BCUT2D eigenvalue weighted by molar-refractivity contribution is 0.0598. The predicted molar refractivity (Wildman–Crippen MR) is 95.6 cm³/mol. The van der Waals surface area contributed by atoms with Crippen molar-refractivity contribution in [1.29, 1.82) is 0 Å². The summed E-state index contributed by atoms with van der Waals surface area (Å²) in [6.45, 7) is 8.03. The van der Waals surface area contributed by atoms with Gasteiger partial charge in [-0.3, -0.25) is 19.3 Å². The van der Waals surface area contributed by atoms with Gasteiger partial charge in [-0.25, -0.2) is 4.98 Å². The van der Waals surface area contributed by atoms with Crippen molar-refractivity contribution in [1.82, 2.24) is 29.5 Å². The van der Waals surface area contributed by atoms with E-state index in [-0.39, 0.29) is 5.91 Å². The molecular weight excluding hydrogens is 332 g/mol. The molecule has 8 heteroatoms. The molecule has 2 aromatic heterocycles. The maximum absolute atomic E-state index is 12.7. The van der Waals surface area contributed by atoms with Crippen molar-refractivity contribution in [3.05, 3.63) is 36.3 Å². The fourth-order valence-corrected chi connectivity index (χ4v) is 3.66. The van der Waals surface area contributed by atoms with Crippen LogP contribution in [-0.2, 0) is 13.1 Å². The largest absolute Gasteiger partial charge is 0.455 e. The van der Waals surface area contributed by atoms with Gasteiger partial charge in [-0.1, -0.05) is 0 Å². The van der Waals surface area contributed by atoms with E-state index in [1.807, 2.05) is 21.7 Å². The molecule has 0 N–H and O–H groups in total. The Morgan fingerprint density at radius 2 is 1.81 bits per heavy atom. The van der Waals surface area contributed by atoms with Gasteiger partial charge in [-0.2, -0.15) is 5.10 Å². The number of carbonyl (C=O) groups excluding carboxylic acids is 1. The SMILES string of the molecule is O=C(c1ccc(CN2CCCC2)o1)N1CCN(CCn2cncn2)CC1. The van der Waals surface area contributed by atoms with Gasteiger partial charge >= 0.3 is 0 Å². The molecule has 0 saturated carbocycles. The highest BCUT2D eigenvalue weighted by Crippen LogP contribution is 2.17. The maximum atomic E-state index is 12.7. The van der Waals surface area contributed by atoms with E-state index in [1.165, 1.54) is 12.8 Å². The highest BCUT2D eigenvalue weighted by atomic mass is 16.4. The summed E-state index contributed by atoms with van der Waals surface area (Å²) in [5.74, 6) is 1.37. The van der Waals surface area contributed by atoms with Crippen LogP contribution in [0.4, 0.5) is 0 Å². The molecule has 0 unspecified atom stereocenters. The average Bonchev–Trinajstić information content (AvgIpc) is 3.43. The van der Waals surface area contributed by atoms with E-state index in [9.17, 15) is 4.79 Å². The van der Waals surface area contributed by atoms with Gasteiger partial charge < -0.3 is 9.32 Å². The lowest BCUT2D eigenvalue weighted by Crippen LogP contribution is -2.49. The number of furan rings is 1. The van der Waals surface area contributed by atoms with Crippen LogP contribution in [0.25, 0.3) is 0 Å². The van der Waals surface area contributed by atoms with Crippen molar-refractivity contribution in [2.45, 2.75) is 25.9 Å². The van der Waals surface area contributed by atoms with Crippen molar-refractivity contribution in [2.75, 3.05) is 45.8 Å². The highest BCUT2D eigenvalue weighted by Gasteiger charge is 2.24. The third kappa shape index (κ3) is 4.13. The van der Waals surface area contributed by atoms with Crippen LogP contribution in [0.1, 0.15) is 29.2 Å². The number of hydrogen-bond donors (Lipinski definition) is 0. The zero-order valence-electron chi connectivity index (χ0n) is 15.1. The third-order valence-corrected chi connectivity index (χ3v) is 5.22. The molecule has 0 spiro atoms. The molecule has 0 radical (unpaired) electrons. The van der Waals surface area contributed by atoms with Gasteiger partial charge in [0, 0.05) is 32.7 Å². The Balaban J connectivity index is 1.24. The third-order valence-electron chi connectivity index (χ3n) is 5.22. The van der Waals surface area contributed by atoms with Gasteiger partial charge in [0.25, 0.3) is 5.91 Å². The molecule has 140 valence electrons. The molecule has 2 aliphatic heterocycles. The number of piperazine rings is 1. The first-order valence-corrected chi connectivity index (χ1v) is 9.43. The number of hydrogen-bond acceptors (Lipinski definition) is 6. The molecule has 2 fully saturated rings. The Labute approximate surface area is 153 Å². The molecule has 0 aromatic carbocycles. The Morgan fingerprint density at radius 1 is 1.00 bits per heavy atom. The lowest BCUT2D eigenvalue weighted by Gasteiger charge is -2.34. The second kappa shape index (κ2) is 8.01. The van der Waals surface area contributed by atoms with Gasteiger partial charge in [-0.15, -0.1) is 0 Å². The molecule has 26 heavy (non-hydrogen) atoms. The van der Waals surface area contributed by atoms with Crippen LogP contribution in [0, 0.1) is 0 Å². The normalized spacial score (nSPS) is 19.3. The molecule has 0 atom stereocenters. The Hall–Kier alpha value is -2.19. The molecule has 0 aliphatic carbocycles. The minimum Gasteiger partial charge on any atom is -0.455 e. The van der Waals surface area contributed by atoms with Crippen molar-refractivity contribution in [2.24, 2.45) is 0 Å². The van der Waals surface area contributed by atoms with Crippen molar-refractivity contribution in [3.8, 4) is 0 Å².